The molecule has 0 saturated heterocycles. The van der Waals surface area contributed by atoms with Gasteiger partial charge in [0.15, 0.2) is 0 Å². The number of ether oxygens (including phenoxy) is 2. The van der Waals surface area contributed by atoms with E-state index in [0.29, 0.717) is 12.8 Å². The van der Waals surface area contributed by atoms with E-state index in [1.54, 1.807) is 0 Å². The number of phosphoric acid groups is 1. The molecule has 0 radical (unpaired) electrons. The summed E-state index contributed by atoms with van der Waals surface area (Å²) in [5.41, 5.74) is 0. The van der Waals surface area contributed by atoms with Crippen LogP contribution in [0.1, 0.15) is 142 Å². The predicted octanol–water partition coefficient (Wildman–Crippen LogP) is 7.33. The van der Waals surface area contributed by atoms with Crippen molar-refractivity contribution in [1.29, 1.82) is 0 Å². The molecule has 0 rings (SSSR count). The second kappa shape index (κ2) is 29.4. The fourth-order valence-electron chi connectivity index (χ4n) is 4.34. The molecule has 0 saturated carbocycles. The lowest BCUT2D eigenvalue weighted by Gasteiger charge is -2.20. The highest BCUT2D eigenvalue weighted by Crippen LogP contribution is 2.43. The van der Waals surface area contributed by atoms with Crippen molar-refractivity contribution in [2.24, 2.45) is 0 Å². The Morgan fingerprint density at radius 3 is 1.33 bits per heavy atom. The second-order valence-corrected chi connectivity index (χ2v) is 12.6. The zero-order chi connectivity index (χ0) is 32.0. The summed E-state index contributed by atoms with van der Waals surface area (Å²) in [6, 6.07) is 0. The first-order valence-electron chi connectivity index (χ1n) is 16.6. The summed E-state index contributed by atoms with van der Waals surface area (Å²) in [6.45, 7) is 2.08. The van der Waals surface area contributed by atoms with Gasteiger partial charge in [0.1, 0.15) is 12.2 Å². The number of rotatable bonds is 31. The SMILES string of the molecule is CCCCCCC/C=C\CCCCCCCC(=O)OC(CO)COP(=O)(O)OCC(CO)OC(=O)CCCCCCCC. The highest BCUT2D eigenvalue weighted by atomic mass is 31.2. The summed E-state index contributed by atoms with van der Waals surface area (Å²) < 4.78 is 32.2. The molecule has 3 N–H and O–H groups in total. The minimum absolute atomic E-state index is 0.185. The normalized spacial score (nSPS) is 14.4. The average Bonchev–Trinajstić information content (AvgIpc) is 2.99. The molecule has 0 bridgehead atoms. The van der Waals surface area contributed by atoms with Crippen molar-refractivity contribution in [3.05, 3.63) is 12.2 Å². The molecule has 3 unspecified atom stereocenters. The van der Waals surface area contributed by atoms with Gasteiger partial charge in [0.2, 0.25) is 0 Å². The average molecular weight is 637 g/mol. The van der Waals surface area contributed by atoms with E-state index in [4.69, 9.17) is 18.5 Å². The number of carbonyl (C=O) groups is 2. The van der Waals surface area contributed by atoms with Gasteiger partial charge in [0, 0.05) is 12.8 Å². The van der Waals surface area contributed by atoms with Crippen LogP contribution < -0.4 is 0 Å². The van der Waals surface area contributed by atoms with Crippen LogP contribution in [0.4, 0.5) is 0 Å². The Bertz CT molecular complexity index is 746. The molecule has 0 aromatic carbocycles. The topological polar surface area (TPSA) is 149 Å². The fourth-order valence-corrected chi connectivity index (χ4v) is 5.13. The molecule has 43 heavy (non-hydrogen) atoms. The zero-order valence-corrected chi connectivity index (χ0v) is 27.8. The van der Waals surface area contributed by atoms with Crippen molar-refractivity contribution in [3.8, 4) is 0 Å². The van der Waals surface area contributed by atoms with Crippen LogP contribution in [0, 0.1) is 0 Å². The van der Waals surface area contributed by atoms with E-state index in [-0.39, 0.29) is 12.8 Å². The summed E-state index contributed by atoms with van der Waals surface area (Å²) >= 11 is 0. The maximum absolute atomic E-state index is 12.2. The van der Waals surface area contributed by atoms with Crippen LogP contribution >= 0.6 is 7.82 Å². The van der Waals surface area contributed by atoms with Crippen molar-refractivity contribution < 1.29 is 47.8 Å². The summed E-state index contributed by atoms with van der Waals surface area (Å²) in [4.78, 5) is 34.0. The molecule has 11 heteroatoms. The molecule has 0 aromatic heterocycles. The summed E-state index contributed by atoms with van der Waals surface area (Å²) in [5.74, 6) is -1.04. The second-order valence-electron chi connectivity index (χ2n) is 11.1. The van der Waals surface area contributed by atoms with Crippen molar-refractivity contribution in [1.82, 2.24) is 0 Å². The van der Waals surface area contributed by atoms with Crippen molar-refractivity contribution in [3.63, 3.8) is 0 Å². The number of hydrogen-bond donors (Lipinski definition) is 3. The number of esters is 2. The predicted molar refractivity (Wildman–Crippen MR) is 168 cm³/mol. The van der Waals surface area contributed by atoms with Gasteiger partial charge in [-0.05, 0) is 38.5 Å². The van der Waals surface area contributed by atoms with E-state index < -0.39 is 58.4 Å². The van der Waals surface area contributed by atoms with Crippen LogP contribution in [-0.4, -0.2) is 65.7 Å². The van der Waals surface area contributed by atoms with E-state index in [0.717, 1.165) is 70.6 Å². The van der Waals surface area contributed by atoms with Gasteiger partial charge in [-0.1, -0.05) is 103 Å². The third-order valence-electron chi connectivity index (χ3n) is 6.98. The molecule has 0 aliphatic rings. The number of hydrogen-bond acceptors (Lipinski definition) is 9. The quantitative estimate of drug-likeness (QED) is 0.0306. The fraction of sp³-hybridized carbons (Fsp3) is 0.875. The first kappa shape index (κ1) is 41.7. The first-order chi connectivity index (χ1) is 20.8. The van der Waals surface area contributed by atoms with Gasteiger partial charge in [0.05, 0.1) is 26.4 Å². The zero-order valence-electron chi connectivity index (χ0n) is 26.9. The van der Waals surface area contributed by atoms with Gasteiger partial charge in [0.25, 0.3) is 0 Å². The lowest BCUT2D eigenvalue weighted by molar-refractivity contribution is -0.153. The van der Waals surface area contributed by atoms with Crippen LogP contribution in [0.5, 0.6) is 0 Å². The van der Waals surface area contributed by atoms with Crippen LogP contribution in [-0.2, 0) is 32.7 Å². The molecule has 254 valence electrons. The van der Waals surface area contributed by atoms with E-state index >= 15 is 0 Å². The summed E-state index contributed by atoms with van der Waals surface area (Å²) in [7, 11) is -4.61. The number of phosphoric ester groups is 1. The van der Waals surface area contributed by atoms with Crippen molar-refractivity contribution >= 4 is 19.8 Å². The van der Waals surface area contributed by atoms with Gasteiger partial charge in [-0.15, -0.1) is 0 Å². The smallest absolute Gasteiger partial charge is 0.457 e. The van der Waals surface area contributed by atoms with E-state index in [1.165, 1.54) is 32.1 Å². The monoisotopic (exact) mass is 636 g/mol. The summed E-state index contributed by atoms with van der Waals surface area (Å²) in [5, 5.41) is 18.9. The third kappa shape index (κ3) is 28.0. The minimum Gasteiger partial charge on any atom is -0.457 e. The Labute approximate surface area is 260 Å². The largest absolute Gasteiger partial charge is 0.472 e. The number of carbonyl (C=O) groups excluding carboxylic acids is 2. The van der Waals surface area contributed by atoms with Gasteiger partial charge >= 0.3 is 19.8 Å². The molecular weight excluding hydrogens is 575 g/mol. The Kier molecular flexibility index (Phi) is 28.5. The number of unbranched alkanes of at least 4 members (excludes halogenated alkanes) is 15. The minimum atomic E-state index is -4.61. The molecule has 0 heterocycles. The molecule has 0 amide bonds. The molecule has 0 fully saturated rings. The molecule has 10 nitrogen and oxygen atoms in total. The van der Waals surface area contributed by atoms with Gasteiger partial charge in [-0.25, -0.2) is 4.57 Å². The highest BCUT2D eigenvalue weighted by Gasteiger charge is 2.27. The van der Waals surface area contributed by atoms with E-state index in [1.807, 2.05) is 0 Å². The summed E-state index contributed by atoms with van der Waals surface area (Å²) in [6.07, 6.45) is 22.3. The van der Waals surface area contributed by atoms with Crippen LogP contribution in [0.3, 0.4) is 0 Å². The first-order valence-corrected chi connectivity index (χ1v) is 18.1. The van der Waals surface area contributed by atoms with Gasteiger partial charge in [-0.2, -0.15) is 0 Å². The molecule has 0 aliphatic carbocycles. The van der Waals surface area contributed by atoms with Crippen molar-refractivity contribution in [2.45, 2.75) is 154 Å². The molecule has 0 spiro atoms. The molecular formula is C32H61O10P. The van der Waals surface area contributed by atoms with Crippen LogP contribution in [0.15, 0.2) is 12.2 Å². The third-order valence-corrected chi connectivity index (χ3v) is 7.93. The Morgan fingerprint density at radius 2 is 0.953 bits per heavy atom. The van der Waals surface area contributed by atoms with Crippen LogP contribution in [0.2, 0.25) is 0 Å². The number of allylic oxidation sites excluding steroid dienone is 2. The molecule has 0 aliphatic heterocycles. The maximum atomic E-state index is 12.2. The standard InChI is InChI=1S/C32H61O10P/c1-3-5-7-9-11-12-13-14-15-16-17-18-20-22-24-32(36)42-30(26-34)28-40-43(37,38)39-27-29(25-33)41-31(35)23-21-19-10-8-6-4-2/h13-14,29-30,33-34H,3-12,15-28H2,1-2H3,(H,37,38)/b14-13-. The lowest BCUT2D eigenvalue weighted by Crippen LogP contribution is -2.28. The van der Waals surface area contributed by atoms with Crippen LogP contribution in [0.25, 0.3) is 0 Å². The van der Waals surface area contributed by atoms with Gasteiger partial charge in [-0.3, -0.25) is 18.6 Å². The Hall–Kier alpha value is -1.29. The Morgan fingerprint density at radius 1 is 0.605 bits per heavy atom. The lowest BCUT2D eigenvalue weighted by atomic mass is 10.1. The maximum Gasteiger partial charge on any atom is 0.472 e. The molecule has 3 atom stereocenters. The molecule has 0 aromatic rings. The Balaban J connectivity index is 4.02. The van der Waals surface area contributed by atoms with Gasteiger partial charge < -0.3 is 24.6 Å². The number of aliphatic hydroxyl groups excluding tert-OH is 2. The van der Waals surface area contributed by atoms with E-state index in [9.17, 15) is 29.3 Å². The van der Waals surface area contributed by atoms with E-state index in [2.05, 4.69) is 26.0 Å². The number of aliphatic hydroxyl groups is 2. The highest BCUT2D eigenvalue weighted by molar-refractivity contribution is 7.47. The van der Waals surface area contributed by atoms with Crippen molar-refractivity contribution in [2.75, 3.05) is 26.4 Å².